The van der Waals surface area contributed by atoms with Crippen LogP contribution < -0.4 is 21.1 Å². The zero-order valence-corrected chi connectivity index (χ0v) is 23.9. The molecule has 3 rings (SSSR count). The number of amides is 2. The van der Waals surface area contributed by atoms with Crippen molar-refractivity contribution in [2.24, 2.45) is 11.7 Å². The van der Waals surface area contributed by atoms with Crippen molar-refractivity contribution >= 4 is 27.7 Å². The standard InChI is InChI=1S/C27H44N6O5S/c1-27(2,26(35)30-19-20-9-11-22(12-10-20)24(28)29)31-25(34)23(21-7-4-3-5-8-21)32-39(36,37)18-6-13-33-14-16-38-17-15-33/h9-12,21,23,32H,3-8,13-19H2,1-2H3,(H3,28,29)(H,30,35)(H,31,34)/t23-/m1/s1. The van der Waals surface area contributed by atoms with Gasteiger partial charge in [0.25, 0.3) is 0 Å². The molecular weight excluding hydrogens is 520 g/mol. The molecule has 0 unspecified atom stereocenters. The second-order valence-corrected chi connectivity index (χ2v) is 12.9. The molecule has 1 atom stereocenters. The van der Waals surface area contributed by atoms with Gasteiger partial charge < -0.3 is 21.1 Å². The highest BCUT2D eigenvalue weighted by Crippen LogP contribution is 2.27. The summed E-state index contributed by atoms with van der Waals surface area (Å²) in [7, 11) is -3.70. The molecule has 1 saturated heterocycles. The van der Waals surface area contributed by atoms with Crippen LogP contribution in [0.5, 0.6) is 0 Å². The van der Waals surface area contributed by atoms with Crippen molar-refractivity contribution in [2.45, 2.75) is 70.5 Å². The van der Waals surface area contributed by atoms with E-state index in [9.17, 15) is 18.0 Å². The summed E-state index contributed by atoms with van der Waals surface area (Å²) in [6.45, 7) is 7.01. The van der Waals surface area contributed by atoms with Crippen LogP contribution in [0.15, 0.2) is 24.3 Å². The summed E-state index contributed by atoms with van der Waals surface area (Å²) in [6, 6.07) is 6.03. The Morgan fingerprint density at radius 3 is 2.38 bits per heavy atom. The topological polar surface area (TPSA) is 167 Å². The van der Waals surface area contributed by atoms with Crippen molar-refractivity contribution in [3.05, 3.63) is 35.4 Å². The normalized spacial score (nSPS) is 18.3. The molecule has 1 aliphatic carbocycles. The molecule has 2 amide bonds. The van der Waals surface area contributed by atoms with Gasteiger partial charge >= 0.3 is 0 Å². The van der Waals surface area contributed by atoms with Crippen molar-refractivity contribution in [2.75, 3.05) is 38.6 Å². The van der Waals surface area contributed by atoms with E-state index < -0.39 is 27.5 Å². The molecule has 218 valence electrons. The van der Waals surface area contributed by atoms with Crippen LogP contribution in [-0.2, 0) is 30.9 Å². The fourth-order valence-electron chi connectivity index (χ4n) is 5.03. The van der Waals surface area contributed by atoms with Crippen LogP contribution in [0.25, 0.3) is 0 Å². The number of rotatable bonds is 13. The minimum atomic E-state index is -3.70. The SMILES string of the molecule is CC(C)(NC(=O)[C@H](NS(=O)(=O)CCCN1CCOCC1)C1CCCCC1)C(=O)NCc1ccc(C(=N)N)cc1. The van der Waals surface area contributed by atoms with Gasteiger partial charge in [-0.15, -0.1) is 0 Å². The molecule has 0 spiro atoms. The lowest BCUT2D eigenvalue weighted by molar-refractivity contribution is -0.133. The zero-order chi connectivity index (χ0) is 28.5. The van der Waals surface area contributed by atoms with Crippen molar-refractivity contribution < 1.29 is 22.7 Å². The van der Waals surface area contributed by atoms with Crippen LogP contribution in [-0.4, -0.2) is 81.1 Å². The Balaban J connectivity index is 1.59. The van der Waals surface area contributed by atoms with Gasteiger partial charge in [-0.25, -0.2) is 13.1 Å². The quantitative estimate of drug-likeness (QED) is 0.176. The van der Waals surface area contributed by atoms with Gasteiger partial charge in [0.1, 0.15) is 17.4 Å². The molecule has 1 saturated carbocycles. The molecule has 2 fully saturated rings. The number of sulfonamides is 1. The number of nitrogens with two attached hydrogens (primary N) is 1. The van der Waals surface area contributed by atoms with E-state index in [0.717, 1.165) is 50.8 Å². The molecule has 1 aromatic carbocycles. The first-order chi connectivity index (χ1) is 18.5. The van der Waals surface area contributed by atoms with Gasteiger partial charge in [-0.3, -0.25) is 19.9 Å². The van der Waals surface area contributed by atoms with Gasteiger partial charge in [0.05, 0.1) is 19.0 Å². The van der Waals surface area contributed by atoms with Gasteiger partial charge in [0.2, 0.25) is 21.8 Å². The molecule has 1 aliphatic heterocycles. The van der Waals surface area contributed by atoms with Crippen LogP contribution in [0.3, 0.4) is 0 Å². The van der Waals surface area contributed by atoms with Crippen LogP contribution in [0.4, 0.5) is 0 Å². The van der Waals surface area contributed by atoms with E-state index in [1.54, 1.807) is 38.1 Å². The fraction of sp³-hybridized carbons (Fsp3) is 0.667. The van der Waals surface area contributed by atoms with E-state index in [1.807, 2.05) is 0 Å². The second-order valence-electron chi connectivity index (χ2n) is 11.0. The third kappa shape index (κ3) is 9.86. The van der Waals surface area contributed by atoms with E-state index in [0.29, 0.717) is 31.7 Å². The number of benzene rings is 1. The van der Waals surface area contributed by atoms with Crippen LogP contribution in [0.1, 0.15) is 63.5 Å². The van der Waals surface area contributed by atoms with Crippen molar-refractivity contribution in [3.63, 3.8) is 0 Å². The summed E-state index contributed by atoms with van der Waals surface area (Å²) >= 11 is 0. The van der Waals surface area contributed by atoms with Gasteiger partial charge in [-0.1, -0.05) is 43.5 Å². The van der Waals surface area contributed by atoms with Gasteiger partial charge in [0, 0.05) is 25.2 Å². The Kier molecular flexibility index (Phi) is 11.3. The highest BCUT2D eigenvalue weighted by molar-refractivity contribution is 7.89. The Bertz CT molecular complexity index is 1080. The predicted molar refractivity (Wildman–Crippen MR) is 151 cm³/mol. The smallest absolute Gasteiger partial charge is 0.245 e. The molecule has 11 nitrogen and oxygen atoms in total. The van der Waals surface area contributed by atoms with Gasteiger partial charge in [-0.05, 0) is 51.1 Å². The Labute approximate surface area is 232 Å². The maximum absolute atomic E-state index is 13.5. The van der Waals surface area contributed by atoms with E-state index in [2.05, 4.69) is 20.3 Å². The molecule has 6 N–H and O–H groups in total. The summed E-state index contributed by atoms with van der Waals surface area (Å²) in [4.78, 5) is 28.6. The zero-order valence-electron chi connectivity index (χ0n) is 23.1. The first kappa shape index (κ1) is 31.0. The van der Waals surface area contributed by atoms with Gasteiger partial charge in [-0.2, -0.15) is 0 Å². The van der Waals surface area contributed by atoms with Gasteiger partial charge in [0.15, 0.2) is 0 Å². The lowest BCUT2D eigenvalue weighted by Gasteiger charge is -2.33. The predicted octanol–water partition coefficient (Wildman–Crippen LogP) is 1.07. The van der Waals surface area contributed by atoms with Crippen molar-refractivity contribution in [1.82, 2.24) is 20.3 Å². The molecule has 0 aromatic heterocycles. The molecule has 0 bridgehead atoms. The first-order valence-electron chi connectivity index (χ1n) is 13.8. The average molecular weight is 565 g/mol. The van der Waals surface area contributed by atoms with Crippen LogP contribution in [0, 0.1) is 11.3 Å². The highest BCUT2D eigenvalue weighted by atomic mass is 32.2. The number of nitrogens with one attached hydrogen (secondary N) is 4. The number of morpholine rings is 1. The molecular formula is C27H44N6O5S. The number of carbonyl (C=O) groups excluding carboxylic acids is 2. The molecule has 1 aromatic rings. The van der Waals surface area contributed by atoms with Crippen molar-refractivity contribution in [1.29, 1.82) is 5.41 Å². The number of hydrogen-bond acceptors (Lipinski definition) is 7. The Hall–Kier alpha value is -2.54. The summed E-state index contributed by atoms with van der Waals surface area (Å²) < 4.78 is 34.1. The van der Waals surface area contributed by atoms with Crippen LogP contribution >= 0.6 is 0 Å². The van der Waals surface area contributed by atoms with E-state index in [-0.39, 0.29) is 30.0 Å². The minimum absolute atomic E-state index is 0.0327. The number of nitrogens with zero attached hydrogens (tertiary/aromatic N) is 1. The van der Waals surface area contributed by atoms with E-state index in [4.69, 9.17) is 15.9 Å². The number of ether oxygens (including phenoxy) is 1. The van der Waals surface area contributed by atoms with Crippen molar-refractivity contribution in [3.8, 4) is 0 Å². The summed E-state index contributed by atoms with van der Waals surface area (Å²) in [6.07, 6.45) is 4.95. The fourth-order valence-corrected chi connectivity index (χ4v) is 6.35. The number of nitrogen functional groups attached to an aromatic ring is 1. The lowest BCUT2D eigenvalue weighted by Crippen LogP contribution is -2.60. The lowest BCUT2D eigenvalue weighted by atomic mass is 9.83. The summed E-state index contributed by atoms with van der Waals surface area (Å²) in [5.41, 5.74) is 5.64. The monoisotopic (exact) mass is 564 g/mol. The summed E-state index contributed by atoms with van der Waals surface area (Å²) in [5, 5.41) is 13.1. The van der Waals surface area contributed by atoms with E-state index in [1.165, 1.54) is 0 Å². The Morgan fingerprint density at radius 1 is 1.13 bits per heavy atom. The molecule has 39 heavy (non-hydrogen) atoms. The highest BCUT2D eigenvalue weighted by Gasteiger charge is 2.37. The third-order valence-corrected chi connectivity index (χ3v) is 8.86. The Morgan fingerprint density at radius 2 is 1.77 bits per heavy atom. The second kappa shape index (κ2) is 14.2. The number of carbonyl (C=O) groups is 2. The third-order valence-electron chi connectivity index (χ3n) is 7.42. The van der Waals surface area contributed by atoms with E-state index >= 15 is 0 Å². The molecule has 2 aliphatic rings. The maximum Gasteiger partial charge on any atom is 0.245 e. The molecule has 1 heterocycles. The summed E-state index contributed by atoms with van der Waals surface area (Å²) in [5.74, 6) is -1.08. The van der Waals surface area contributed by atoms with Crippen LogP contribution in [0.2, 0.25) is 0 Å². The first-order valence-corrected chi connectivity index (χ1v) is 15.5. The minimum Gasteiger partial charge on any atom is -0.384 e. The number of hydrogen-bond donors (Lipinski definition) is 5. The average Bonchev–Trinajstić information content (AvgIpc) is 2.91. The molecule has 12 heteroatoms. The molecule has 0 radical (unpaired) electrons. The number of amidine groups is 1. The maximum atomic E-state index is 13.5. The largest absolute Gasteiger partial charge is 0.384 e.